The Morgan fingerprint density at radius 1 is 1.00 bits per heavy atom. The van der Waals surface area contributed by atoms with Crippen molar-refractivity contribution in [1.29, 1.82) is 0 Å². The molecule has 0 aromatic heterocycles. The molecule has 1 rings (SSSR count). The molecule has 1 aromatic carbocycles. The Kier molecular flexibility index (Phi) is 5.75. The topological polar surface area (TPSA) is 63.9 Å². The van der Waals surface area contributed by atoms with Crippen LogP contribution in [-0.4, -0.2) is 47.0 Å². The van der Waals surface area contributed by atoms with Gasteiger partial charge >= 0.3 is 0 Å². The predicted molar refractivity (Wildman–Crippen MR) is 71.0 cm³/mol. The van der Waals surface area contributed by atoms with Crippen molar-refractivity contribution >= 4 is 0 Å². The fourth-order valence-electron chi connectivity index (χ4n) is 1.92. The summed E-state index contributed by atoms with van der Waals surface area (Å²) in [5, 5.41) is 27.5. The zero-order valence-electron chi connectivity index (χ0n) is 11.1. The van der Waals surface area contributed by atoms with Crippen LogP contribution in [0.25, 0.3) is 0 Å². The number of hydrogen-bond acceptors (Lipinski definition) is 4. The molecule has 0 fully saturated rings. The molecule has 0 amide bonds. The van der Waals surface area contributed by atoms with Crippen molar-refractivity contribution in [1.82, 2.24) is 4.90 Å². The van der Waals surface area contributed by atoms with E-state index in [4.69, 9.17) is 5.11 Å². The van der Waals surface area contributed by atoms with Crippen LogP contribution in [0.1, 0.15) is 18.1 Å². The van der Waals surface area contributed by atoms with Crippen LogP contribution in [0.2, 0.25) is 0 Å². The summed E-state index contributed by atoms with van der Waals surface area (Å²) in [5.41, 5.74) is 1.57. The molecule has 0 spiro atoms. The third kappa shape index (κ3) is 4.38. The average Bonchev–Trinajstić information content (AvgIpc) is 2.39. The van der Waals surface area contributed by atoms with E-state index >= 15 is 0 Å². The van der Waals surface area contributed by atoms with Crippen molar-refractivity contribution in [2.75, 3.05) is 26.8 Å². The van der Waals surface area contributed by atoms with E-state index in [2.05, 4.69) is 4.90 Å². The molecule has 0 saturated heterocycles. The van der Waals surface area contributed by atoms with Gasteiger partial charge in [0.25, 0.3) is 0 Å². The highest BCUT2D eigenvalue weighted by Crippen LogP contribution is 2.17. The maximum absolute atomic E-state index is 9.25. The predicted octanol–water partition coefficient (Wildman–Crippen LogP) is 0.602. The SMILES string of the molecule is CN(Cc1ccc(CO)cc1)CC(C)(CO)CO. The Morgan fingerprint density at radius 2 is 1.50 bits per heavy atom. The van der Waals surface area contributed by atoms with E-state index in [-0.39, 0.29) is 19.8 Å². The molecule has 3 N–H and O–H groups in total. The van der Waals surface area contributed by atoms with Crippen molar-refractivity contribution in [3.05, 3.63) is 35.4 Å². The van der Waals surface area contributed by atoms with Gasteiger partial charge in [-0.15, -0.1) is 0 Å². The van der Waals surface area contributed by atoms with Gasteiger partial charge in [-0.3, -0.25) is 0 Å². The van der Waals surface area contributed by atoms with Gasteiger partial charge in [-0.2, -0.15) is 0 Å². The molecule has 4 nitrogen and oxygen atoms in total. The van der Waals surface area contributed by atoms with Gasteiger partial charge in [0.1, 0.15) is 0 Å². The van der Waals surface area contributed by atoms with Crippen LogP contribution < -0.4 is 0 Å². The molecule has 0 atom stereocenters. The van der Waals surface area contributed by atoms with Crippen molar-refractivity contribution in [2.45, 2.75) is 20.1 Å². The lowest BCUT2D eigenvalue weighted by Gasteiger charge is -2.30. The number of hydrogen-bond donors (Lipinski definition) is 3. The van der Waals surface area contributed by atoms with Gasteiger partial charge in [-0.1, -0.05) is 31.2 Å². The van der Waals surface area contributed by atoms with Crippen molar-refractivity contribution < 1.29 is 15.3 Å². The minimum atomic E-state index is -0.472. The van der Waals surface area contributed by atoms with Crippen LogP contribution in [0.4, 0.5) is 0 Å². The zero-order chi connectivity index (χ0) is 13.6. The Balaban J connectivity index is 2.55. The number of rotatable bonds is 7. The summed E-state index contributed by atoms with van der Waals surface area (Å²) >= 11 is 0. The normalized spacial score (nSPS) is 12.1. The highest BCUT2D eigenvalue weighted by Gasteiger charge is 2.24. The van der Waals surface area contributed by atoms with E-state index in [1.807, 2.05) is 38.2 Å². The molecule has 0 aliphatic rings. The summed E-state index contributed by atoms with van der Waals surface area (Å²) in [6.45, 7) is 3.24. The molecule has 102 valence electrons. The maximum Gasteiger partial charge on any atom is 0.0681 e. The number of aliphatic hydroxyl groups is 3. The van der Waals surface area contributed by atoms with E-state index in [0.29, 0.717) is 6.54 Å². The Bertz CT molecular complexity index is 347. The number of aliphatic hydroxyl groups excluding tert-OH is 3. The third-order valence-electron chi connectivity index (χ3n) is 3.07. The molecule has 0 aliphatic carbocycles. The quantitative estimate of drug-likeness (QED) is 0.666. The minimum absolute atomic E-state index is 0.0305. The molecule has 0 heterocycles. The lowest BCUT2D eigenvalue weighted by atomic mass is 9.92. The van der Waals surface area contributed by atoms with Crippen LogP contribution in [0.5, 0.6) is 0 Å². The van der Waals surface area contributed by atoms with E-state index < -0.39 is 5.41 Å². The second-order valence-corrected chi connectivity index (χ2v) is 5.27. The van der Waals surface area contributed by atoms with Crippen LogP contribution in [0.15, 0.2) is 24.3 Å². The molecule has 18 heavy (non-hydrogen) atoms. The van der Waals surface area contributed by atoms with Gasteiger partial charge in [-0.05, 0) is 18.2 Å². The third-order valence-corrected chi connectivity index (χ3v) is 3.07. The van der Waals surface area contributed by atoms with Gasteiger partial charge < -0.3 is 20.2 Å². The molecule has 0 bridgehead atoms. The van der Waals surface area contributed by atoms with Gasteiger partial charge in [0.15, 0.2) is 0 Å². The highest BCUT2D eigenvalue weighted by atomic mass is 16.3. The van der Waals surface area contributed by atoms with Crippen molar-refractivity contribution in [2.24, 2.45) is 5.41 Å². The maximum atomic E-state index is 9.25. The fourth-order valence-corrected chi connectivity index (χ4v) is 1.92. The lowest BCUT2D eigenvalue weighted by Crippen LogP contribution is -2.38. The first-order valence-corrected chi connectivity index (χ1v) is 6.12. The first-order valence-electron chi connectivity index (χ1n) is 6.12. The van der Waals surface area contributed by atoms with E-state index in [9.17, 15) is 10.2 Å². The van der Waals surface area contributed by atoms with Crippen LogP contribution in [0, 0.1) is 5.41 Å². The van der Waals surface area contributed by atoms with Crippen LogP contribution in [-0.2, 0) is 13.2 Å². The largest absolute Gasteiger partial charge is 0.396 e. The van der Waals surface area contributed by atoms with Crippen LogP contribution in [0.3, 0.4) is 0 Å². The number of benzene rings is 1. The molecule has 1 aromatic rings. The van der Waals surface area contributed by atoms with E-state index in [1.165, 1.54) is 0 Å². The van der Waals surface area contributed by atoms with Gasteiger partial charge in [0.05, 0.1) is 19.8 Å². The molecule has 0 aliphatic heterocycles. The van der Waals surface area contributed by atoms with Crippen LogP contribution >= 0.6 is 0 Å². The van der Waals surface area contributed by atoms with E-state index in [0.717, 1.165) is 17.7 Å². The molecule has 0 saturated carbocycles. The smallest absolute Gasteiger partial charge is 0.0681 e. The molecular formula is C14H23NO3. The summed E-state index contributed by atoms with van der Waals surface area (Å²) in [6, 6.07) is 7.77. The lowest BCUT2D eigenvalue weighted by molar-refractivity contribution is 0.0402. The summed E-state index contributed by atoms with van der Waals surface area (Å²) in [5.74, 6) is 0. The first kappa shape index (κ1) is 15.1. The first-order chi connectivity index (χ1) is 8.53. The molecular weight excluding hydrogens is 230 g/mol. The second-order valence-electron chi connectivity index (χ2n) is 5.27. The summed E-state index contributed by atoms with van der Waals surface area (Å²) in [4.78, 5) is 2.07. The Morgan fingerprint density at radius 3 is 1.94 bits per heavy atom. The van der Waals surface area contributed by atoms with Gasteiger partial charge in [0.2, 0.25) is 0 Å². The van der Waals surface area contributed by atoms with E-state index in [1.54, 1.807) is 0 Å². The number of nitrogens with zero attached hydrogens (tertiary/aromatic N) is 1. The zero-order valence-corrected chi connectivity index (χ0v) is 11.1. The Hall–Kier alpha value is -0.940. The molecule has 0 unspecified atom stereocenters. The molecule has 4 heteroatoms. The van der Waals surface area contributed by atoms with Crippen molar-refractivity contribution in [3.63, 3.8) is 0 Å². The molecule has 0 radical (unpaired) electrons. The monoisotopic (exact) mass is 253 g/mol. The fraction of sp³-hybridized carbons (Fsp3) is 0.571. The summed E-state index contributed by atoms with van der Waals surface area (Å²) in [7, 11) is 1.96. The highest BCUT2D eigenvalue weighted by molar-refractivity contribution is 5.21. The minimum Gasteiger partial charge on any atom is -0.396 e. The standard InChI is InChI=1S/C14H23NO3/c1-14(10-17,11-18)9-15(2)7-12-3-5-13(8-16)6-4-12/h3-6,16-18H,7-11H2,1-2H3. The summed E-state index contributed by atoms with van der Waals surface area (Å²) < 4.78 is 0. The second kappa shape index (κ2) is 6.85. The van der Waals surface area contributed by atoms with Gasteiger partial charge in [-0.25, -0.2) is 0 Å². The van der Waals surface area contributed by atoms with Crippen molar-refractivity contribution in [3.8, 4) is 0 Å². The Labute approximate surface area is 108 Å². The van der Waals surface area contributed by atoms with Gasteiger partial charge in [0, 0.05) is 18.5 Å². The average molecular weight is 253 g/mol. The summed E-state index contributed by atoms with van der Waals surface area (Å²) in [6.07, 6.45) is 0.